The molecule has 0 heterocycles. The molecule has 0 radical (unpaired) electrons. The summed E-state index contributed by atoms with van der Waals surface area (Å²) in [5, 5.41) is 0. The Morgan fingerprint density at radius 2 is 0.595 bits per heavy atom. The molecule has 0 aromatic rings. The van der Waals surface area contributed by atoms with Crippen molar-refractivity contribution >= 4 is 34.0 Å². The molecule has 0 saturated carbocycles. The minimum absolute atomic E-state index is 1.38. The van der Waals surface area contributed by atoms with Crippen molar-refractivity contribution in [2.45, 2.75) is 200 Å². The Bertz CT molecular complexity index is 601. The van der Waals surface area contributed by atoms with Gasteiger partial charge in [-0.1, -0.05) is 0 Å². The molecular formula is C32H72O7P2Sn. The van der Waals surface area contributed by atoms with Crippen LogP contribution in [0.5, 0.6) is 0 Å². The predicted molar refractivity (Wildman–Crippen MR) is 184 cm³/mol. The van der Waals surface area contributed by atoms with E-state index in [0.717, 1.165) is 0 Å². The van der Waals surface area contributed by atoms with Gasteiger partial charge in [-0.15, -0.1) is 0 Å². The van der Waals surface area contributed by atoms with Crippen LogP contribution < -0.4 is 0 Å². The van der Waals surface area contributed by atoms with Gasteiger partial charge in [-0.3, -0.25) is 0 Å². The molecule has 0 saturated heterocycles. The molecule has 7 nitrogen and oxygen atoms in total. The molecule has 0 aromatic carbocycles. The van der Waals surface area contributed by atoms with Crippen molar-refractivity contribution in [1.82, 2.24) is 0 Å². The fourth-order valence-corrected chi connectivity index (χ4v) is 23.4. The molecule has 256 valence electrons. The van der Waals surface area contributed by atoms with Gasteiger partial charge in [0.15, 0.2) is 0 Å². The van der Waals surface area contributed by atoms with Crippen LogP contribution in [0.1, 0.15) is 182 Å². The van der Waals surface area contributed by atoms with Gasteiger partial charge < -0.3 is 19.6 Å². The third kappa shape index (κ3) is 35.5. The van der Waals surface area contributed by atoms with Crippen molar-refractivity contribution < 1.29 is 33.0 Å². The first kappa shape index (κ1) is 45.2. The summed E-state index contributed by atoms with van der Waals surface area (Å²) in [6.07, 6.45) is 35.9. The van der Waals surface area contributed by atoms with Gasteiger partial charge in [-0.05, 0) is 0 Å². The zero-order valence-corrected chi connectivity index (χ0v) is 32.8. The van der Waals surface area contributed by atoms with E-state index in [2.05, 4.69) is 32.0 Å². The molecule has 0 unspecified atom stereocenters. The van der Waals surface area contributed by atoms with Gasteiger partial charge in [-0.25, -0.2) is 9.13 Å². The van der Waals surface area contributed by atoms with Crippen molar-refractivity contribution in [2.24, 2.45) is 0 Å². The summed E-state index contributed by atoms with van der Waals surface area (Å²) in [5.41, 5.74) is 0. The molecule has 0 aliphatic heterocycles. The van der Waals surface area contributed by atoms with Crippen LogP contribution >= 0.6 is 15.6 Å². The van der Waals surface area contributed by atoms with E-state index in [1.54, 1.807) is 56.3 Å². The van der Waals surface area contributed by atoms with Crippen molar-refractivity contribution in [1.29, 1.82) is 0 Å². The van der Waals surface area contributed by atoms with Crippen LogP contribution in [0.3, 0.4) is 0 Å². The average molecular weight is 750 g/mol. The number of hydrogen-bond acceptors (Lipinski definition) is 3. The number of hydrogen-bond donors (Lipinski definition) is 4. The molecule has 0 spiro atoms. The molecule has 0 aliphatic rings. The van der Waals surface area contributed by atoms with Crippen LogP contribution in [0, 0.1) is 0 Å². The molecule has 0 aliphatic carbocycles. The fourth-order valence-electron chi connectivity index (χ4n) is 5.97. The van der Waals surface area contributed by atoms with Gasteiger partial charge in [0, 0.05) is 0 Å². The molecule has 4 N–H and O–H groups in total. The minimum Gasteiger partial charge on any atom is -0.302 e. The molecule has 0 fully saturated rings. The van der Waals surface area contributed by atoms with E-state index < -0.39 is 34.0 Å². The number of unbranched alkanes of at least 4 members (excludes halogenated alkanes) is 20. The molecule has 0 aromatic heterocycles. The van der Waals surface area contributed by atoms with E-state index in [9.17, 15) is 9.13 Å². The summed E-state index contributed by atoms with van der Waals surface area (Å²) >= 11 is -1.89. The van der Waals surface area contributed by atoms with Gasteiger partial charge in [-0.2, -0.15) is 4.31 Å². The third-order valence-corrected chi connectivity index (χ3v) is 26.3. The summed E-state index contributed by atoms with van der Waals surface area (Å²) in [5.74, 6) is 0. The van der Waals surface area contributed by atoms with E-state index in [0.29, 0.717) is 0 Å². The Morgan fingerprint density at radius 1 is 0.381 bits per heavy atom. The summed E-state index contributed by atoms with van der Waals surface area (Å²) in [4.78, 5) is 31.0. The van der Waals surface area contributed by atoms with Crippen LogP contribution in [0.2, 0.25) is 17.7 Å². The topological polar surface area (TPSA) is 124 Å². The second-order valence-electron chi connectivity index (χ2n) is 12.6. The zero-order chi connectivity index (χ0) is 32.0. The van der Waals surface area contributed by atoms with E-state index in [-0.39, 0.29) is 0 Å². The van der Waals surface area contributed by atoms with Gasteiger partial charge >= 0.3 is 234 Å². The number of phosphoric acid groups is 2. The van der Waals surface area contributed by atoms with Crippen molar-refractivity contribution in [3.05, 3.63) is 0 Å². The van der Waals surface area contributed by atoms with Crippen molar-refractivity contribution in [2.75, 3.05) is 0 Å². The summed E-state index contributed by atoms with van der Waals surface area (Å²) in [6.45, 7) is 9.50. The Hall–Kier alpha value is 1.06. The summed E-state index contributed by atoms with van der Waals surface area (Å²) in [6, 6.07) is 0. The monoisotopic (exact) mass is 750 g/mol. The van der Waals surface area contributed by atoms with Crippen molar-refractivity contribution in [3.8, 4) is 0 Å². The van der Waals surface area contributed by atoms with E-state index in [1.165, 1.54) is 116 Å². The first-order valence-corrected chi connectivity index (χ1v) is 28.9. The Balaban J connectivity index is 0. The molecule has 0 atom stereocenters. The molecule has 0 bridgehead atoms. The van der Waals surface area contributed by atoms with Crippen LogP contribution in [0.15, 0.2) is 0 Å². The fraction of sp³-hybridized carbons (Fsp3) is 1.00. The predicted octanol–water partition coefficient (Wildman–Crippen LogP) is 12.1. The SMILES string of the molecule is CCCCCCCCCCC[CH2][Sn]([CH2]CCC)([CH2]CCC)[CH2]CCCCCCCCCCC.O=P(O)(O)OP(=O)(O)O. The molecule has 42 heavy (non-hydrogen) atoms. The molecule has 10 heteroatoms. The second kappa shape index (κ2) is 30.7. The first-order valence-electron chi connectivity index (χ1n) is 17.8. The Kier molecular flexibility index (Phi) is 33.0. The van der Waals surface area contributed by atoms with Crippen LogP contribution in [-0.4, -0.2) is 38.0 Å². The number of rotatable bonds is 30. The quantitative estimate of drug-likeness (QED) is 0.0327. The van der Waals surface area contributed by atoms with Gasteiger partial charge in [0.1, 0.15) is 0 Å². The summed E-state index contributed by atoms with van der Waals surface area (Å²) in [7, 11) is -10.1. The Morgan fingerprint density at radius 3 is 0.810 bits per heavy atom. The maximum absolute atomic E-state index is 9.63. The third-order valence-electron chi connectivity index (χ3n) is 8.46. The Labute approximate surface area is 265 Å². The maximum atomic E-state index is 9.63. The van der Waals surface area contributed by atoms with Crippen molar-refractivity contribution in [3.63, 3.8) is 0 Å². The molecular weight excluding hydrogens is 677 g/mol. The van der Waals surface area contributed by atoms with Crippen LogP contribution in [0.25, 0.3) is 0 Å². The van der Waals surface area contributed by atoms with E-state index >= 15 is 0 Å². The molecule has 0 amide bonds. The second-order valence-corrected chi connectivity index (χ2v) is 29.5. The first-order chi connectivity index (χ1) is 19.9. The minimum atomic E-state index is -5.05. The van der Waals surface area contributed by atoms with Gasteiger partial charge in [0.05, 0.1) is 0 Å². The van der Waals surface area contributed by atoms with Gasteiger partial charge in [0.25, 0.3) is 0 Å². The van der Waals surface area contributed by atoms with E-state index in [4.69, 9.17) is 19.6 Å². The van der Waals surface area contributed by atoms with Gasteiger partial charge in [0.2, 0.25) is 0 Å². The average Bonchev–Trinajstić information content (AvgIpc) is 2.91. The normalized spacial score (nSPS) is 12.4. The summed E-state index contributed by atoms with van der Waals surface area (Å²) < 4.78 is 29.1. The van der Waals surface area contributed by atoms with Crippen LogP contribution in [0.4, 0.5) is 0 Å². The molecule has 0 rings (SSSR count). The van der Waals surface area contributed by atoms with Crippen LogP contribution in [-0.2, 0) is 13.4 Å². The van der Waals surface area contributed by atoms with E-state index in [1.807, 2.05) is 0 Å². The smallest absolute Gasteiger partial charge is 0.302 e. The zero-order valence-electron chi connectivity index (χ0n) is 28.2. The standard InChI is InChI=1S/2C12H25.2C4H9.H4O7P2.Sn/c2*1-3-5-7-9-11-12-10-8-6-4-2;2*1-3-4-2;1-8(2,3)7-9(4,5)6;/h2*1,3-12H2,2H3;2*1,3-4H2,2H3;(H2,1,2,3)(H2,4,5,6);.